The predicted octanol–water partition coefficient (Wildman–Crippen LogP) is 2.70. The number of methoxy groups -OCH3 is 1. The molecule has 144 valence electrons. The van der Waals surface area contributed by atoms with Gasteiger partial charge in [0.05, 0.1) is 24.7 Å². The summed E-state index contributed by atoms with van der Waals surface area (Å²) in [6.07, 6.45) is 0. The van der Waals surface area contributed by atoms with E-state index in [2.05, 4.69) is 10.1 Å². The van der Waals surface area contributed by atoms with E-state index in [4.69, 9.17) is 4.74 Å². The molecule has 1 amide bonds. The molecule has 2 aromatic carbocycles. The molecule has 0 saturated carbocycles. The van der Waals surface area contributed by atoms with Gasteiger partial charge in [-0.2, -0.15) is 8.78 Å². The Hall–Kier alpha value is -2.68. The smallest absolute Gasteiger partial charge is 0.387 e. The lowest BCUT2D eigenvalue weighted by Crippen LogP contribution is -2.37. The molecule has 27 heavy (non-hydrogen) atoms. The van der Waals surface area contributed by atoms with Gasteiger partial charge in [0.2, 0.25) is 0 Å². The van der Waals surface area contributed by atoms with E-state index in [9.17, 15) is 22.0 Å². The number of ether oxygens (including phenoxy) is 2. The predicted molar refractivity (Wildman–Crippen MR) is 93.8 cm³/mol. The van der Waals surface area contributed by atoms with Gasteiger partial charge in [-0.25, -0.2) is 8.42 Å². The molecule has 0 aliphatic carbocycles. The van der Waals surface area contributed by atoms with Gasteiger partial charge in [-0.05, 0) is 29.3 Å². The molecule has 0 saturated heterocycles. The van der Waals surface area contributed by atoms with Crippen molar-refractivity contribution >= 4 is 15.7 Å². The van der Waals surface area contributed by atoms with Gasteiger partial charge in [0.15, 0.2) is 21.3 Å². The molecule has 3 rings (SSSR count). The number of nitrogens with one attached hydrogen (secondary N) is 1. The lowest BCUT2D eigenvalue weighted by atomic mass is 10.0. The summed E-state index contributed by atoms with van der Waals surface area (Å²) in [4.78, 5) is 12.6. The fourth-order valence-corrected chi connectivity index (χ4v) is 4.64. The largest absolute Gasteiger partial charge is 0.493 e. The summed E-state index contributed by atoms with van der Waals surface area (Å²) < 4.78 is 58.7. The third-order valence-electron chi connectivity index (χ3n) is 4.17. The summed E-state index contributed by atoms with van der Waals surface area (Å²) in [5.41, 5.74) is 1.40. The number of hydrogen-bond acceptors (Lipinski definition) is 5. The van der Waals surface area contributed by atoms with Gasteiger partial charge in [0, 0.05) is 5.56 Å². The van der Waals surface area contributed by atoms with Crippen LogP contribution >= 0.6 is 0 Å². The standard InChI is InChI=1S/C18H17F2NO5S/c1-25-15-7-6-11(8-16(15)26-18(19)20)17(22)21-14-10-27(23,24)9-12-4-2-3-5-13(12)14/h2-8,14,18H,9-10H2,1H3,(H,21,22). The first-order valence-corrected chi connectivity index (χ1v) is 9.83. The maximum atomic E-state index is 12.6. The molecule has 2 aromatic rings. The Labute approximate surface area is 155 Å². The van der Waals surface area contributed by atoms with Crippen LogP contribution in [-0.2, 0) is 15.6 Å². The molecule has 9 heteroatoms. The van der Waals surface area contributed by atoms with Crippen LogP contribution in [0.2, 0.25) is 0 Å². The molecule has 0 fully saturated rings. The van der Waals surface area contributed by atoms with E-state index >= 15 is 0 Å². The minimum absolute atomic E-state index is 0.0481. The van der Waals surface area contributed by atoms with Crippen molar-refractivity contribution in [2.24, 2.45) is 0 Å². The molecular weight excluding hydrogens is 380 g/mol. The van der Waals surface area contributed by atoms with E-state index < -0.39 is 28.4 Å². The van der Waals surface area contributed by atoms with Crippen molar-refractivity contribution in [2.45, 2.75) is 18.4 Å². The van der Waals surface area contributed by atoms with Gasteiger partial charge in [-0.15, -0.1) is 0 Å². The molecule has 1 heterocycles. The van der Waals surface area contributed by atoms with Crippen molar-refractivity contribution in [3.63, 3.8) is 0 Å². The Morgan fingerprint density at radius 2 is 1.93 bits per heavy atom. The number of halogens is 2. The highest BCUT2D eigenvalue weighted by molar-refractivity contribution is 7.90. The summed E-state index contributed by atoms with van der Waals surface area (Å²) in [5, 5.41) is 2.66. The Kier molecular flexibility index (Phi) is 5.31. The minimum Gasteiger partial charge on any atom is -0.493 e. The van der Waals surface area contributed by atoms with Gasteiger partial charge in [0.1, 0.15) is 0 Å². The van der Waals surface area contributed by atoms with E-state index in [1.165, 1.54) is 19.2 Å². The Morgan fingerprint density at radius 3 is 2.63 bits per heavy atom. The van der Waals surface area contributed by atoms with Crippen LogP contribution in [0.3, 0.4) is 0 Å². The molecule has 1 aliphatic rings. The zero-order valence-corrected chi connectivity index (χ0v) is 15.1. The average Bonchev–Trinajstić information content (AvgIpc) is 2.60. The molecule has 0 radical (unpaired) electrons. The van der Waals surface area contributed by atoms with Gasteiger partial charge >= 0.3 is 6.61 Å². The van der Waals surface area contributed by atoms with Crippen LogP contribution in [0, 0.1) is 0 Å². The Morgan fingerprint density at radius 1 is 1.19 bits per heavy atom. The number of benzene rings is 2. The lowest BCUT2D eigenvalue weighted by Gasteiger charge is -2.26. The minimum atomic E-state index is -3.37. The number of carbonyl (C=O) groups excluding carboxylic acids is 1. The van der Waals surface area contributed by atoms with E-state index in [0.717, 1.165) is 11.6 Å². The fraction of sp³-hybridized carbons (Fsp3) is 0.278. The normalized spacial score (nSPS) is 17.9. The molecular formula is C18H17F2NO5S. The van der Waals surface area contributed by atoms with Gasteiger partial charge in [0.25, 0.3) is 5.91 Å². The first kappa shape index (κ1) is 19.1. The second kappa shape index (κ2) is 7.51. The van der Waals surface area contributed by atoms with Crippen LogP contribution in [-0.4, -0.2) is 33.8 Å². The average molecular weight is 397 g/mol. The number of alkyl halides is 2. The molecule has 1 atom stereocenters. The van der Waals surface area contributed by atoms with Gasteiger partial charge in [-0.1, -0.05) is 24.3 Å². The van der Waals surface area contributed by atoms with Crippen LogP contribution < -0.4 is 14.8 Å². The van der Waals surface area contributed by atoms with E-state index in [1.807, 2.05) is 0 Å². The SMILES string of the molecule is COc1ccc(C(=O)NC2CS(=O)(=O)Cc3ccccc32)cc1OC(F)F. The topological polar surface area (TPSA) is 81.7 Å². The van der Waals surface area contributed by atoms with Crippen LogP contribution in [0.5, 0.6) is 11.5 Å². The van der Waals surface area contributed by atoms with Crippen LogP contribution in [0.25, 0.3) is 0 Å². The highest BCUT2D eigenvalue weighted by Gasteiger charge is 2.31. The quantitative estimate of drug-likeness (QED) is 0.839. The molecule has 0 spiro atoms. The number of sulfone groups is 1. The van der Waals surface area contributed by atoms with Crippen molar-refractivity contribution in [3.05, 3.63) is 59.2 Å². The van der Waals surface area contributed by atoms with Gasteiger partial charge in [-0.3, -0.25) is 4.79 Å². The number of rotatable bonds is 5. The van der Waals surface area contributed by atoms with E-state index in [1.54, 1.807) is 24.3 Å². The third-order valence-corrected chi connectivity index (χ3v) is 5.77. The molecule has 1 N–H and O–H groups in total. The number of carbonyl (C=O) groups is 1. The molecule has 6 nitrogen and oxygen atoms in total. The summed E-state index contributed by atoms with van der Waals surface area (Å²) in [7, 11) is -2.08. The Bertz CT molecular complexity index is 962. The van der Waals surface area contributed by atoms with Gasteiger partial charge < -0.3 is 14.8 Å². The number of hydrogen-bond donors (Lipinski definition) is 1. The highest BCUT2D eigenvalue weighted by atomic mass is 32.2. The zero-order valence-electron chi connectivity index (χ0n) is 14.3. The first-order valence-electron chi connectivity index (χ1n) is 8.01. The van der Waals surface area contributed by atoms with E-state index in [-0.39, 0.29) is 28.6 Å². The summed E-state index contributed by atoms with van der Waals surface area (Å²) in [5.74, 6) is -1.14. The van der Waals surface area contributed by atoms with Crippen LogP contribution in [0.15, 0.2) is 42.5 Å². The number of amides is 1. The summed E-state index contributed by atoms with van der Waals surface area (Å²) >= 11 is 0. The van der Waals surface area contributed by atoms with Crippen molar-refractivity contribution in [2.75, 3.05) is 12.9 Å². The molecule has 0 bridgehead atoms. The van der Waals surface area contributed by atoms with Crippen LogP contribution in [0.1, 0.15) is 27.5 Å². The monoisotopic (exact) mass is 397 g/mol. The van der Waals surface area contributed by atoms with Crippen molar-refractivity contribution in [1.82, 2.24) is 5.32 Å². The van der Waals surface area contributed by atoms with Crippen LogP contribution in [0.4, 0.5) is 8.78 Å². The number of fused-ring (bicyclic) bond motifs is 1. The maximum absolute atomic E-state index is 12.6. The first-order chi connectivity index (χ1) is 12.8. The molecule has 0 aromatic heterocycles. The fourth-order valence-electron chi connectivity index (χ4n) is 3.01. The molecule has 1 aliphatic heterocycles. The zero-order chi connectivity index (χ0) is 19.6. The summed E-state index contributed by atoms with van der Waals surface area (Å²) in [6.45, 7) is -3.08. The molecule has 1 unspecified atom stereocenters. The van der Waals surface area contributed by atoms with Crippen molar-refractivity contribution < 1.29 is 31.5 Å². The second-order valence-electron chi connectivity index (χ2n) is 6.02. The second-order valence-corrected chi connectivity index (χ2v) is 8.13. The van der Waals surface area contributed by atoms with Crippen molar-refractivity contribution in [1.29, 1.82) is 0 Å². The lowest BCUT2D eigenvalue weighted by molar-refractivity contribution is -0.0512. The maximum Gasteiger partial charge on any atom is 0.387 e. The Balaban J connectivity index is 1.87. The van der Waals surface area contributed by atoms with Crippen molar-refractivity contribution in [3.8, 4) is 11.5 Å². The third kappa shape index (κ3) is 4.36. The highest BCUT2D eigenvalue weighted by Crippen LogP contribution is 2.31. The summed E-state index contributed by atoms with van der Waals surface area (Å²) in [6, 6.07) is 10.1. The van der Waals surface area contributed by atoms with E-state index in [0.29, 0.717) is 5.56 Å².